The Bertz CT molecular complexity index is 643. The molecule has 1 aromatic rings. The van der Waals surface area contributed by atoms with Crippen LogP contribution in [0, 0.1) is 0 Å². The first-order valence-corrected chi connectivity index (χ1v) is 9.62. The van der Waals surface area contributed by atoms with Crippen LogP contribution in [0.2, 0.25) is 0 Å². The van der Waals surface area contributed by atoms with Crippen LogP contribution in [0.5, 0.6) is 0 Å². The number of nitrogens with one attached hydrogen (secondary N) is 1. The molecule has 114 valence electrons. The van der Waals surface area contributed by atoms with E-state index in [1.54, 1.807) is 6.07 Å². The molecule has 6 nitrogen and oxygen atoms in total. The van der Waals surface area contributed by atoms with Gasteiger partial charge in [-0.2, -0.15) is 8.42 Å². The third-order valence-corrected chi connectivity index (χ3v) is 5.48. The summed E-state index contributed by atoms with van der Waals surface area (Å²) in [5, 5.41) is 2.90. The normalized spacial score (nSPS) is 12.3. The number of sulfone groups is 1. The molecule has 9 heteroatoms. The molecule has 0 heterocycles. The van der Waals surface area contributed by atoms with E-state index in [0.717, 1.165) is 0 Å². The first kappa shape index (κ1) is 17.2. The summed E-state index contributed by atoms with van der Waals surface area (Å²) < 4.78 is 53.6. The van der Waals surface area contributed by atoms with Gasteiger partial charge in [0.25, 0.3) is 10.1 Å². The topological polar surface area (TPSA) is 101 Å². The van der Waals surface area contributed by atoms with Crippen molar-refractivity contribution in [3.05, 3.63) is 24.3 Å². The fourth-order valence-electron chi connectivity index (χ4n) is 1.51. The van der Waals surface area contributed by atoms with Gasteiger partial charge in [0.15, 0.2) is 9.84 Å². The fraction of sp³-hybridized carbons (Fsp3) is 0.455. The molecule has 20 heavy (non-hydrogen) atoms. The first-order valence-electron chi connectivity index (χ1n) is 5.82. The number of anilines is 1. The van der Waals surface area contributed by atoms with Crippen molar-refractivity contribution < 1.29 is 21.4 Å². The highest BCUT2D eigenvalue weighted by molar-refractivity contribution is 7.91. The summed E-state index contributed by atoms with van der Waals surface area (Å²) in [6.07, 6.45) is 0.384. The molecular weight excluding hydrogens is 326 g/mol. The highest BCUT2D eigenvalue weighted by Gasteiger charge is 2.10. The average Bonchev–Trinajstić information content (AvgIpc) is 2.34. The van der Waals surface area contributed by atoms with Gasteiger partial charge < -0.3 is 5.32 Å². The zero-order valence-electron chi connectivity index (χ0n) is 10.6. The maximum Gasteiger partial charge on any atom is 0.294 e. The molecule has 0 saturated heterocycles. The molecule has 0 atom stereocenters. The molecule has 0 spiro atoms. The van der Waals surface area contributed by atoms with Crippen LogP contribution < -0.4 is 5.32 Å². The molecule has 0 aromatic heterocycles. The lowest BCUT2D eigenvalue weighted by Gasteiger charge is -2.07. The largest absolute Gasteiger partial charge is 0.385 e. The van der Waals surface area contributed by atoms with Gasteiger partial charge in [0, 0.05) is 18.1 Å². The molecule has 0 unspecified atom stereocenters. The van der Waals surface area contributed by atoms with E-state index in [-0.39, 0.29) is 22.3 Å². The van der Waals surface area contributed by atoms with Crippen molar-refractivity contribution >= 4 is 37.2 Å². The minimum Gasteiger partial charge on any atom is -0.385 e. The van der Waals surface area contributed by atoms with Crippen LogP contribution in [0.1, 0.15) is 6.42 Å². The summed E-state index contributed by atoms with van der Waals surface area (Å²) in [6.45, 7) is 0.371. The summed E-state index contributed by atoms with van der Waals surface area (Å²) in [7, 11) is -7.36. The van der Waals surface area contributed by atoms with E-state index in [9.17, 15) is 16.8 Å². The van der Waals surface area contributed by atoms with E-state index in [0.29, 0.717) is 18.7 Å². The summed E-state index contributed by atoms with van der Waals surface area (Å²) in [5.74, 6) is 0.0453. The third kappa shape index (κ3) is 6.08. The van der Waals surface area contributed by atoms with Crippen LogP contribution in [-0.2, 0) is 20.0 Å². The second kappa shape index (κ2) is 7.26. The quantitative estimate of drug-likeness (QED) is 0.421. The smallest absolute Gasteiger partial charge is 0.294 e. The Labute approximate surface area is 123 Å². The Balaban J connectivity index is 2.51. The predicted octanol–water partition coefficient (Wildman–Crippen LogP) is 1.39. The van der Waals surface area contributed by atoms with Crippen molar-refractivity contribution in [2.75, 3.05) is 29.2 Å². The predicted molar refractivity (Wildman–Crippen MR) is 78.7 cm³/mol. The number of alkyl halides is 1. The Hall–Kier alpha value is -0.830. The molecule has 0 saturated carbocycles. The Kier molecular flexibility index (Phi) is 6.25. The maximum atomic E-state index is 11.4. The van der Waals surface area contributed by atoms with Crippen LogP contribution in [0.25, 0.3) is 0 Å². The van der Waals surface area contributed by atoms with E-state index in [1.165, 1.54) is 18.2 Å². The minimum absolute atomic E-state index is 0.0186. The molecule has 0 amide bonds. The van der Waals surface area contributed by atoms with E-state index >= 15 is 0 Å². The summed E-state index contributed by atoms with van der Waals surface area (Å²) in [6, 6.07) is 5.66. The van der Waals surface area contributed by atoms with E-state index < -0.39 is 20.0 Å². The molecule has 1 aromatic carbocycles. The number of hydrogen-bond acceptors (Lipinski definition) is 5. The molecule has 0 fully saturated rings. The van der Waals surface area contributed by atoms with Crippen molar-refractivity contribution in [3.8, 4) is 0 Å². The molecule has 2 N–H and O–H groups in total. The zero-order chi connectivity index (χ0) is 15.2. The average molecular weight is 342 g/mol. The van der Waals surface area contributed by atoms with Gasteiger partial charge in [-0.25, -0.2) is 8.42 Å². The highest BCUT2D eigenvalue weighted by Crippen LogP contribution is 2.15. The molecular formula is C11H16ClNO5S2. The molecule has 0 bridgehead atoms. The third-order valence-electron chi connectivity index (χ3n) is 2.48. The van der Waals surface area contributed by atoms with Gasteiger partial charge >= 0.3 is 0 Å². The molecule has 1 rings (SSSR count). The maximum absolute atomic E-state index is 11.4. The Morgan fingerprint density at radius 2 is 1.85 bits per heavy atom. The zero-order valence-corrected chi connectivity index (χ0v) is 13.0. The lowest BCUT2D eigenvalue weighted by atomic mass is 10.3. The van der Waals surface area contributed by atoms with Crippen molar-refractivity contribution in [1.82, 2.24) is 0 Å². The fourth-order valence-corrected chi connectivity index (χ4v) is 3.77. The van der Waals surface area contributed by atoms with Gasteiger partial charge in [-0.15, -0.1) is 11.6 Å². The van der Waals surface area contributed by atoms with E-state index in [4.69, 9.17) is 16.2 Å². The van der Waals surface area contributed by atoms with Gasteiger partial charge in [0.1, 0.15) is 0 Å². The second-order valence-electron chi connectivity index (χ2n) is 4.12. The summed E-state index contributed by atoms with van der Waals surface area (Å²) >= 11 is 5.38. The highest BCUT2D eigenvalue weighted by atomic mass is 35.5. The number of rotatable bonds is 8. The van der Waals surface area contributed by atoms with Gasteiger partial charge in [0.2, 0.25) is 0 Å². The molecule has 0 aliphatic carbocycles. The lowest BCUT2D eigenvalue weighted by Crippen LogP contribution is -2.15. The van der Waals surface area contributed by atoms with Gasteiger partial charge in [-0.05, 0) is 24.6 Å². The van der Waals surface area contributed by atoms with Crippen LogP contribution in [0.15, 0.2) is 29.2 Å². The van der Waals surface area contributed by atoms with Gasteiger partial charge in [0.05, 0.1) is 16.4 Å². The molecule has 0 aliphatic heterocycles. The SMILES string of the molecule is O=S(=O)(CCCl)CCCNc1cccc(S(=O)(=O)O)c1. The van der Waals surface area contributed by atoms with Gasteiger partial charge in [-0.3, -0.25) is 4.55 Å². The first-order chi connectivity index (χ1) is 9.24. The van der Waals surface area contributed by atoms with Crippen LogP contribution in [0.3, 0.4) is 0 Å². The van der Waals surface area contributed by atoms with Crippen LogP contribution in [0.4, 0.5) is 5.69 Å². The summed E-state index contributed by atoms with van der Waals surface area (Å²) in [4.78, 5) is -0.211. The number of hydrogen-bond donors (Lipinski definition) is 2. The Morgan fingerprint density at radius 3 is 2.45 bits per heavy atom. The van der Waals surface area contributed by atoms with Crippen molar-refractivity contribution in [1.29, 1.82) is 0 Å². The van der Waals surface area contributed by atoms with Crippen LogP contribution in [-0.4, -0.2) is 45.3 Å². The van der Waals surface area contributed by atoms with Crippen LogP contribution >= 0.6 is 11.6 Å². The lowest BCUT2D eigenvalue weighted by molar-refractivity contribution is 0.483. The minimum atomic E-state index is -4.24. The second-order valence-corrected chi connectivity index (χ2v) is 8.23. The van der Waals surface area contributed by atoms with E-state index in [1.807, 2.05) is 0 Å². The molecule has 0 radical (unpaired) electrons. The monoisotopic (exact) mass is 341 g/mol. The van der Waals surface area contributed by atoms with E-state index in [2.05, 4.69) is 5.32 Å². The number of halogens is 1. The standard InChI is InChI=1S/C11H16ClNO5S2/c12-5-8-19(14,15)7-2-6-13-10-3-1-4-11(9-10)20(16,17)18/h1,3-4,9,13H,2,5-8H2,(H,16,17,18). The van der Waals surface area contributed by atoms with Crippen molar-refractivity contribution in [2.24, 2.45) is 0 Å². The summed E-state index contributed by atoms with van der Waals surface area (Å²) in [5.41, 5.74) is 0.495. The number of benzene rings is 1. The Morgan fingerprint density at radius 1 is 1.15 bits per heavy atom. The molecule has 0 aliphatic rings. The van der Waals surface area contributed by atoms with Crippen molar-refractivity contribution in [3.63, 3.8) is 0 Å². The van der Waals surface area contributed by atoms with Gasteiger partial charge in [-0.1, -0.05) is 6.07 Å². The van der Waals surface area contributed by atoms with Crippen molar-refractivity contribution in [2.45, 2.75) is 11.3 Å².